The van der Waals surface area contributed by atoms with Crippen LogP contribution in [0.4, 0.5) is 5.69 Å². The lowest BCUT2D eigenvalue weighted by molar-refractivity contribution is -0.385. The van der Waals surface area contributed by atoms with Crippen molar-refractivity contribution in [3.8, 4) is 11.8 Å². The van der Waals surface area contributed by atoms with Crippen molar-refractivity contribution in [2.75, 3.05) is 6.61 Å². The maximum absolute atomic E-state index is 10.9. The molecular weight excluding hydrogens is 348 g/mol. The quantitative estimate of drug-likeness (QED) is 0.320. The molecule has 0 bridgehead atoms. The van der Waals surface area contributed by atoms with Gasteiger partial charge in [-0.1, -0.05) is 12.1 Å². The molecule has 8 nitrogen and oxygen atoms in total. The van der Waals surface area contributed by atoms with Crippen molar-refractivity contribution in [3.63, 3.8) is 0 Å². The van der Waals surface area contributed by atoms with E-state index >= 15 is 0 Å². The van der Waals surface area contributed by atoms with E-state index in [9.17, 15) is 20.5 Å². The first-order valence-corrected chi connectivity index (χ1v) is 8.04. The summed E-state index contributed by atoms with van der Waals surface area (Å²) in [6, 6.07) is 13.7. The molecule has 0 aliphatic rings. The molecule has 0 radical (unpaired) electrons. The van der Waals surface area contributed by atoms with Crippen LogP contribution in [-0.2, 0) is 7.05 Å². The van der Waals surface area contributed by atoms with Crippen LogP contribution >= 0.6 is 0 Å². The van der Waals surface area contributed by atoms with Crippen molar-refractivity contribution >= 4 is 22.3 Å². The van der Waals surface area contributed by atoms with E-state index in [4.69, 9.17) is 4.74 Å². The molecule has 0 spiro atoms. The van der Waals surface area contributed by atoms with Crippen LogP contribution in [0.25, 0.3) is 16.6 Å². The van der Waals surface area contributed by atoms with Crippen molar-refractivity contribution < 1.29 is 14.8 Å². The van der Waals surface area contributed by atoms with Gasteiger partial charge in [0.05, 0.1) is 16.0 Å². The monoisotopic (exact) mass is 364 g/mol. The number of aliphatic hydroxyl groups excluding tert-OH is 1. The fourth-order valence-electron chi connectivity index (χ4n) is 2.76. The highest BCUT2D eigenvalue weighted by Gasteiger charge is 2.17. The van der Waals surface area contributed by atoms with Gasteiger partial charge in [0, 0.05) is 18.7 Å². The van der Waals surface area contributed by atoms with Crippen LogP contribution in [0.2, 0.25) is 0 Å². The first-order valence-electron chi connectivity index (χ1n) is 8.04. The number of nitro groups is 1. The molecule has 136 valence electrons. The summed E-state index contributed by atoms with van der Waals surface area (Å²) < 4.78 is 7.21. The van der Waals surface area contributed by atoms with E-state index in [-0.39, 0.29) is 23.6 Å². The zero-order valence-electron chi connectivity index (χ0n) is 14.7. The second-order valence-electron chi connectivity index (χ2n) is 5.91. The number of aryl methyl sites for hydroxylation is 2. The molecule has 27 heavy (non-hydrogen) atoms. The van der Waals surface area contributed by atoms with Gasteiger partial charge in [0.1, 0.15) is 24.0 Å². The molecule has 0 atom stereocenters. The normalized spacial score (nSPS) is 11.7. The molecule has 2 aromatic carbocycles. The lowest BCUT2D eigenvalue weighted by Crippen LogP contribution is -2.06. The highest BCUT2D eigenvalue weighted by Crippen LogP contribution is 2.25. The van der Waals surface area contributed by atoms with Crippen molar-refractivity contribution in [2.45, 2.75) is 6.92 Å². The molecule has 0 unspecified atom stereocenters. The molecule has 1 heterocycles. The fourth-order valence-corrected chi connectivity index (χ4v) is 2.76. The molecular formula is C19H16N4O4. The molecule has 0 amide bonds. The molecule has 0 saturated heterocycles. The van der Waals surface area contributed by atoms with E-state index in [0.717, 1.165) is 5.52 Å². The third-order valence-electron chi connectivity index (χ3n) is 4.15. The Bertz CT molecular complexity index is 1110. The maximum atomic E-state index is 10.9. The Labute approximate surface area is 154 Å². The molecule has 3 rings (SSSR count). The van der Waals surface area contributed by atoms with Gasteiger partial charge >= 0.3 is 0 Å². The van der Waals surface area contributed by atoms with E-state index in [1.807, 2.05) is 30.3 Å². The number of aromatic nitrogens is 2. The number of fused-ring (bicyclic) bond motifs is 1. The summed E-state index contributed by atoms with van der Waals surface area (Å²) in [5, 5.41) is 30.7. The van der Waals surface area contributed by atoms with Gasteiger partial charge in [-0.15, -0.1) is 0 Å². The standard InChI is InChI=1S/C19H16N4O4/c1-12-9-13(7-8-16(12)23(25)26)27-11-18(24)14(10-20)19-21-15-5-3-4-6-17(15)22(19)2/h3-9,24H,11H2,1-2H3/b18-14-. The molecule has 0 saturated carbocycles. The van der Waals surface area contributed by atoms with Crippen LogP contribution in [0, 0.1) is 28.4 Å². The summed E-state index contributed by atoms with van der Waals surface area (Å²) in [6.07, 6.45) is 0. The average Bonchev–Trinajstić information content (AvgIpc) is 2.97. The smallest absolute Gasteiger partial charge is 0.272 e. The number of ether oxygens (including phenoxy) is 1. The second kappa shape index (κ2) is 7.17. The van der Waals surface area contributed by atoms with Gasteiger partial charge in [-0.3, -0.25) is 10.1 Å². The summed E-state index contributed by atoms with van der Waals surface area (Å²) in [5.74, 6) is 0.415. The average molecular weight is 364 g/mol. The fraction of sp³-hybridized carbons (Fsp3) is 0.158. The van der Waals surface area contributed by atoms with E-state index in [1.165, 1.54) is 18.2 Å². The Hall–Kier alpha value is -3.86. The Morgan fingerprint density at radius 3 is 2.74 bits per heavy atom. The summed E-state index contributed by atoms with van der Waals surface area (Å²) in [6.45, 7) is 1.34. The number of aliphatic hydroxyl groups is 1. The van der Waals surface area contributed by atoms with Gasteiger partial charge in [0.2, 0.25) is 0 Å². The number of hydrogen-bond donors (Lipinski definition) is 1. The minimum Gasteiger partial charge on any atom is -0.507 e. The third-order valence-corrected chi connectivity index (χ3v) is 4.15. The molecule has 1 aromatic heterocycles. The van der Waals surface area contributed by atoms with E-state index in [1.54, 1.807) is 18.5 Å². The van der Waals surface area contributed by atoms with Crippen molar-refractivity contribution in [2.24, 2.45) is 7.05 Å². The van der Waals surface area contributed by atoms with E-state index in [2.05, 4.69) is 4.98 Å². The zero-order valence-corrected chi connectivity index (χ0v) is 14.7. The number of hydrogen-bond acceptors (Lipinski definition) is 6. The highest BCUT2D eigenvalue weighted by atomic mass is 16.6. The van der Waals surface area contributed by atoms with Gasteiger partial charge < -0.3 is 14.4 Å². The lowest BCUT2D eigenvalue weighted by atomic mass is 10.2. The van der Waals surface area contributed by atoms with Gasteiger partial charge in [-0.25, -0.2) is 4.98 Å². The summed E-state index contributed by atoms with van der Waals surface area (Å²) >= 11 is 0. The predicted molar refractivity (Wildman–Crippen MR) is 99.2 cm³/mol. The number of nitro benzene ring substituents is 1. The van der Waals surface area contributed by atoms with Crippen LogP contribution in [0.3, 0.4) is 0 Å². The van der Waals surface area contributed by atoms with Gasteiger partial charge in [-0.05, 0) is 31.2 Å². The number of benzene rings is 2. The van der Waals surface area contributed by atoms with Gasteiger partial charge in [0.15, 0.2) is 11.6 Å². The van der Waals surface area contributed by atoms with Crippen molar-refractivity contribution in [1.29, 1.82) is 5.26 Å². The van der Waals surface area contributed by atoms with E-state index in [0.29, 0.717) is 22.7 Å². The van der Waals surface area contributed by atoms with Crippen LogP contribution in [0.5, 0.6) is 5.75 Å². The first kappa shape index (κ1) is 17.9. The van der Waals surface area contributed by atoms with Crippen LogP contribution in [0.1, 0.15) is 11.4 Å². The Morgan fingerprint density at radius 2 is 2.11 bits per heavy atom. The maximum Gasteiger partial charge on any atom is 0.272 e. The SMILES string of the molecule is Cc1cc(OC/C(O)=C(\C#N)c2nc3ccccc3n2C)ccc1[N+](=O)[O-]. The molecule has 3 aromatic rings. The summed E-state index contributed by atoms with van der Waals surface area (Å²) in [7, 11) is 1.76. The van der Waals surface area contributed by atoms with Gasteiger partial charge in [0.25, 0.3) is 5.69 Å². The number of nitriles is 1. The largest absolute Gasteiger partial charge is 0.507 e. The first-order chi connectivity index (χ1) is 12.9. The lowest BCUT2D eigenvalue weighted by Gasteiger charge is -2.08. The number of imidazole rings is 1. The number of allylic oxidation sites excluding steroid dienone is 1. The van der Waals surface area contributed by atoms with E-state index < -0.39 is 4.92 Å². The predicted octanol–water partition coefficient (Wildman–Crippen LogP) is 3.66. The highest BCUT2D eigenvalue weighted by molar-refractivity contribution is 5.83. The van der Waals surface area contributed by atoms with Gasteiger partial charge in [-0.2, -0.15) is 5.26 Å². The molecule has 0 aliphatic heterocycles. The Kier molecular flexibility index (Phi) is 4.77. The molecule has 1 N–H and O–H groups in total. The number of nitrogens with zero attached hydrogens (tertiary/aromatic N) is 4. The zero-order chi connectivity index (χ0) is 19.6. The number of para-hydroxylation sites is 2. The number of rotatable bonds is 5. The van der Waals surface area contributed by atoms with Crippen molar-refractivity contribution in [3.05, 3.63) is 69.7 Å². The Balaban J connectivity index is 1.87. The van der Waals surface area contributed by atoms with Crippen LogP contribution in [-0.4, -0.2) is 26.2 Å². The van der Waals surface area contributed by atoms with Crippen molar-refractivity contribution in [1.82, 2.24) is 9.55 Å². The molecule has 0 fully saturated rings. The Morgan fingerprint density at radius 1 is 1.37 bits per heavy atom. The molecule has 8 heteroatoms. The van der Waals surface area contributed by atoms with Crippen LogP contribution in [0.15, 0.2) is 48.2 Å². The summed E-state index contributed by atoms with van der Waals surface area (Å²) in [5.41, 5.74) is 1.98. The minimum atomic E-state index is -0.476. The summed E-state index contributed by atoms with van der Waals surface area (Å²) in [4.78, 5) is 14.8. The minimum absolute atomic E-state index is 0.00679. The second-order valence-corrected chi connectivity index (χ2v) is 5.91. The topological polar surface area (TPSA) is 114 Å². The molecule has 0 aliphatic carbocycles. The van der Waals surface area contributed by atoms with Crippen LogP contribution < -0.4 is 4.74 Å². The third kappa shape index (κ3) is 3.43.